The highest BCUT2D eigenvalue weighted by Gasteiger charge is 2.44. The Hall–Kier alpha value is -3.16. The van der Waals surface area contributed by atoms with Crippen LogP contribution in [0.4, 0.5) is 0 Å². The van der Waals surface area contributed by atoms with Crippen LogP contribution in [0.1, 0.15) is 26.2 Å². The summed E-state index contributed by atoms with van der Waals surface area (Å²) in [6.45, 7) is 1.98. The summed E-state index contributed by atoms with van der Waals surface area (Å²) in [5, 5.41) is 18.3. The van der Waals surface area contributed by atoms with Crippen LogP contribution in [-0.4, -0.2) is 45.1 Å². The van der Waals surface area contributed by atoms with Crippen molar-refractivity contribution in [3.05, 3.63) is 35.2 Å². The van der Waals surface area contributed by atoms with E-state index < -0.39 is 41.0 Å². The van der Waals surface area contributed by atoms with Gasteiger partial charge in [0.2, 0.25) is 0 Å². The molecule has 0 aromatic rings. The van der Waals surface area contributed by atoms with Crippen LogP contribution in [0.2, 0.25) is 0 Å². The molecule has 2 heterocycles. The van der Waals surface area contributed by atoms with Crippen LogP contribution in [0.5, 0.6) is 0 Å². The molecule has 2 aliphatic heterocycles. The minimum Gasteiger partial charge on any atom is -0.477 e. The average Bonchev–Trinajstić information content (AvgIpc) is 2.59. The maximum Gasteiger partial charge on any atom is 0.354 e. The third kappa shape index (κ3) is 2.94. The molecular formula is C18H16N2O6. The number of carbonyl (C=O) groups is 4. The molecule has 0 aromatic heterocycles. The SMILES string of the molecule is CCCCC1=CC2C(=O)C=C(C(=O)O)N=C2C2C(=O)C=C(C(=O)O)N=C12. The fourth-order valence-corrected chi connectivity index (χ4v) is 3.23. The number of unbranched alkanes of at least 4 members (excludes halogenated alkanes) is 1. The van der Waals surface area contributed by atoms with Crippen LogP contribution in [0, 0.1) is 11.8 Å². The number of aliphatic carboxylic acids is 2. The Morgan fingerprint density at radius 1 is 1.04 bits per heavy atom. The Labute approximate surface area is 148 Å². The molecular weight excluding hydrogens is 340 g/mol. The lowest BCUT2D eigenvalue weighted by atomic mass is 9.72. The van der Waals surface area contributed by atoms with E-state index in [1.807, 2.05) is 6.92 Å². The number of hydrogen-bond donors (Lipinski definition) is 2. The Morgan fingerprint density at radius 3 is 2.27 bits per heavy atom. The molecule has 0 saturated heterocycles. The largest absolute Gasteiger partial charge is 0.477 e. The van der Waals surface area contributed by atoms with Crippen LogP contribution in [0.3, 0.4) is 0 Å². The fourth-order valence-electron chi connectivity index (χ4n) is 3.23. The van der Waals surface area contributed by atoms with Gasteiger partial charge in [-0.2, -0.15) is 0 Å². The Kier molecular flexibility index (Phi) is 4.50. The van der Waals surface area contributed by atoms with Crippen molar-refractivity contribution in [1.29, 1.82) is 0 Å². The molecule has 8 nitrogen and oxygen atoms in total. The van der Waals surface area contributed by atoms with Crippen LogP contribution < -0.4 is 0 Å². The van der Waals surface area contributed by atoms with Crippen LogP contribution in [0.25, 0.3) is 0 Å². The van der Waals surface area contributed by atoms with Gasteiger partial charge in [-0.1, -0.05) is 19.4 Å². The second kappa shape index (κ2) is 6.62. The Bertz CT molecular complexity index is 887. The predicted octanol–water partition coefficient (Wildman–Crippen LogP) is 1.33. The highest BCUT2D eigenvalue weighted by Crippen LogP contribution is 2.34. The lowest BCUT2D eigenvalue weighted by molar-refractivity contribution is -0.133. The van der Waals surface area contributed by atoms with Crippen molar-refractivity contribution in [3.8, 4) is 0 Å². The van der Waals surface area contributed by atoms with Gasteiger partial charge in [0, 0.05) is 12.2 Å². The first-order valence-corrected chi connectivity index (χ1v) is 8.19. The number of ketones is 2. The molecule has 2 unspecified atom stereocenters. The van der Waals surface area contributed by atoms with Gasteiger partial charge in [0.25, 0.3) is 0 Å². The first kappa shape index (κ1) is 17.7. The quantitative estimate of drug-likeness (QED) is 0.763. The van der Waals surface area contributed by atoms with Crippen molar-refractivity contribution in [2.75, 3.05) is 0 Å². The zero-order chi connectivity index (χ0) is 19.0. The number of rotatable bonds is 5. The average molecular weight is 356 g/mol. The van der Waals surface area contributed by atoms with E-state index in [1.165, 1.54) is 0 Å². The third-order valence-corrected chi connectivity index (χ3v) is 4.46. The number of carboxylic acids is 2. The number of nitrogens with zero attached hydrogens (tertiary/aromatic N) is 2. The molecule has 26 heavy (non-hydrogen) atoms. The number of allylic oxidation sites excluding steroid dienone is 4. The maximum atomic E-state index is 12.6. The van der Waals surface area contributed by atoms with Crippen molar-refractivity contribution in [2.24, 2.45) is 21.8 Å². The standard InChI is InChI=1S/C18H16N2O6/c1-2-3-4-8-5-9-12(21)6-10(17(23)24)20-16(9)14-13(22)7-11(18(25)26)19-15(8)14/h5-7,9,14H,2-4H2,1H3,(H,23,24)(H,25,26). The van der Waals surface area contributed by atoms with E-state index in [0.717, 1.165) is 25.0 Å². The van der Waals surface area contributed by atoms with Crippen LogP contribution in [0.15, 0.2) is 45.2 Å². The number of aliphatic imine (C=N–C) groups is 2. The first-order valence-electron chi connectivity index (χ1n) is 8.19. The normalized spacial score (nSPS) is 24.4. The van der Waals surface area contributed by atoms with Gasteiger partial charge in [0.05, 0.1) is 17.3 Å². The third-order valence-electron chi connectivity index (χ3n) is 4.46. The van der Waals surface area contributed by atoms with E-state index in [1.54, 1.807) is 6.08 Å². The molecule has 0 saturated carbocycles. The topological polar surface area (TPSA) is 133 Å². The zero-order valence-corrected chi connectivity index (χ0v) is 13.9. The van der Waals surface area contributed by atoms with Crippen molar-refractivity contribution >= 4 is 34.9 Å². The van der Waals surface area contributed by atoms with Crippen molar-refractivity contribution < 1.29 is 29.4 Å². The molecule has 3 aliphatic rings. The Balaban J connectivity index is 2.16. The van der Waals surface area contributed by atoms with Gasteiger partial charge < -0.3 is 10.2 Å². The van der Waals surface area contributed by atoms with Gasteiger partial charge in [-0.15, -0.1) is 0 Å². The van der Waals surface area contributed by atoms with Crippen molar-refractivity contribution in [3.63, 3.8) is 0 Å². The second-order valence-electron chi connectivity index (χ2n) is 6.21. The second-order valence-corrected chi connectivity index (χ2v) is 6.21. The van der Waals surface area contributed by atoms with Gasteiger partial charge in [0.1, 0.15) is 5.92 Å². The predicted molar refractivity (Wildman–Crippen MR) is 90.9 cm³/mol. The summed E-state index contributed by atoms with van der Waals surface area (Å²) in [5.41, 5.74) is 0.171. The van der Waals surface area contributed by atoms with Gasteiger partial charge >= 0.3 is 11.9 Å². The molecule has 1 aliphatic carbocycles. The van der Waals surface area contributed by atoms with Gasteiger partial charge in [-0.05, 0) is 18.4 Å². The monoisotopic (exact) mass is 356 g/mol. The van der Waals surface area contributed by atoms with Gasteiger partial charge in [-0.3, -0.25) is 9.59 Å². The lowest BCUT2D eigenvalue weighted by Gasteiger charge is -2.33. The summed E-state index contributed by atoms with van der Waals surface area (Å²) in [6, 6.07) is 0. The molecule has 2 atom stereocenters. The summed E-state index contributed by atoms with van der Waals surface area (Å²) < 4.78 is 0. The van der Waals surface area contributed by atoms with Crippen LogP contribution in [-0.2, 0) is 19.2 Å². The minimum atomic E-state index is -1.37. The molecule has 2 N–H and O–H groups in total. The minimum absolute atomic E-state index is 0.0968. The molecule has 0 bridgehead atoms. The zero-order valence-electron chi connectivity index (χ0n) is 13.9. The van der Waals surface area contributed by atoms with E-state index in [0.29, 0.717) is 12.0 Å². The van der Waals surface area contributed by atoms with Crippen LogP contribution >= 0.6 is 0 Å². The molecule has 0 fully saturated rings. The molecule has 8 heteroatoms. The van der Waals surface area contributed by atoms with Gasteiger partial charge in [-0.25, -0.2) is 19.6 Å². The van der Waals surface area contributed by atoms with E-state index in [4.69, 9.17) is 5.11 Å². The van der Waals surface area contributed by atoms with E-state index in [2.05, 4.69) is 9.98 Å². The summed E-state index contributed by atoms with van der Waals surface area (Å²) in [7, 11) is 0. The lowest BCUT2D eigenvalue weighted by Crippen LogP contribution is -2.45. The van der Waals surface area contributed by atoms with E-state index in [9.17, 15) is 24.3 Å². The summed E-state index contributed by atoms with van der Waals surface area (Å²) in [5.74, 6) is -5.55. The maximum absolute atomic E-state index is 12.6. The number of carboxylic acid groups (broad SMARTS) is 2. The molecule has 3 rings (SSSR count). The number of hydrogen-bond acceptors (Lipinski definition) is 6. The fraction of sp³-hybridized carbons (Fsp3) is 0.333. The first-order chi connectivity index (χ1) is 12.3. The van der Waals surface area contributed by atoms with E-state index >= 15 is 0 Å². The van der Waals surface area contributed by atoms with Crippen molar-refractivity contribution in [1.82, 2.24) is 0 Å². The molecule has 0 radical (unpaired) electrons. The number of carbonyl (C=O) groups excluding carboxylic acids is 2. The highest BCUT2D eigenvalue weighted by atomic mass is 16.4. The molecule has 134 valence electrons. The number of fused-ring (bicyclic) bond motifs is 3. The smallest absolute Gasteiger partial charge is 0.354 e. The molecule has 0 spiro atoms. The summed E-state index contributed by atoms with van der Waals surface area (Å²) in [6.07, 6.45) is 5.67. The summed E-state index contributed by atoms with van der Waals surface area (Å²) >= 11 is 0. The highest BCUT2D eigenvalue weighted by molar-refractivity contribution is 6.38. The molecule has 0 amide bonds. The van der Waals surface area contributed by atoms with E-state index in [-0.39, 0.29) is 17.1 Å². The van der Waals surface area contributed by atoms with Gasteiger partial charge in [0.15, 0.2) is 23.0 Å². The summed E-state index contributed by atoms with van der Waals surface area (Å²) in [4.78, 5) is 55.6. The molecule has 0 aromatic carbocycles. The Morgan fingerprint density at radius 2 is 1.65 bits per heavy atom. The van der Waals surface area contributed by atoms with Crippen molar-refractivity contribution in [2.45, 2.75) is 26.2 Å².